The second kappa shape index (κ2) is 5.95. The van der Waals surface area contributed by atoms with Gasteiger partial charge in [0.25, 0.3) is 0 Å². The number of ether oxygens (including phenoxy) is 2. The van der Waals surface area contributed by atoms with Gasteiger partial charge in [0.15, 0.2) is 0 Å². The molecule has 4 rings (SSSR count). The number of carbonyl (C=O) groups excluding carboxylic acids is 1. The predicted octanol–water partition coefficient (Wildman–Crippen LogP) is 4.16. The summed E-state index contributed by atoms with van der Waals surface area (Å²) < 4.78 is 11.4. The van der Waals surface area contributed by atoms with E-state index in [2.05, 4.69) is 13.0 Å². The normalized spacial score (nSPS) is 50.5. The standard InChI is InChI=1S/C21H32O3/c1-20-10-9-18-16(17(20)6-7-19(20)24-3)5-4-14-12-15(23-2)8-11-21(14,18)13-22/h12-13,15-19H,4-11H2,1-3H3/t15-,16-,17-,18-,19-,20-,21+/m0/s1. The van der Waals surface area contributed by atoms with Crippen LogP contribution in [0.15, 0.2) is 11.6 Å². The van der Waals surface area contributed by atoms with Gasteiger partial charge in [-0.05, 0) is 74.5 Å². The molecule has 0 aromatic rings. The summed E-state index contributed by atoms with van der Waals surface area (Å²) >= 11 is 0. The van der Waals surface area contributed by atoms with E-state index in [4.69, 9.17) is 9.47 Å². The Morgan fingerprint density at radius 3 is 2.58 bits per heavy atom. The number of hydrogen-bond acceptors (Lipinski definition) is 3. The molecule has 0 aromatic heterocycles. The highest BCUT2D eigenvalue weighted by molar-refractivity contribution is 5.67. The fraction of sp³-hybridized carbons (Fsp3) is 0.857. The van der Waals surface area contributed by atoms with E-state index in [-0.39, 0.29) is 11.5 Å². The van der Waals surface area contributed by atoms with Crippen LogP contribution in [-0.4, -0.2) is 32.7 Å². The fourth-order valence-electron chi connectivity index (χ4n) is 7.14. The number of hydrogen-bond donors (Lipinski definition) is 0. The molecule has 3 saturated carbocycles. The Morgan fingerprint density at radius 2 is 1.88 bits per heavy atom. The lowest BCUT2D eigenvalue weighted by atomic mass is 9.47. The van der Waals surface area contributed by atoms with Crippen LogP contribution in [0.4, 0.5) is 0 Å². The number of fused-ring (bicyclic) bond motifs is 5. The van der Waals surface area contributed by atoms with E-state index >= 15 is 0 Å². The lowest BCUT2D eigenvalue weighted by Crippen LogP contribution is -2.53. The molecule has 3 fully saturated rings. The molecular weight excluding hydrogens is 300 g/mol. The third-order valence-electron chi connectivity index (χ3n) is 8.38. The van der Waals surface area contributed by atoms with E-state index < -0.39 is 0 Å². The van der Waals surface area contributed by atoms with Crippen LogP contribution in [0.25, 0.3) is 0 Å². The second-order valence-corrected chi connectivity index (χ2v) is 8.92. The molecule has 3 nitrogen and oxygen atoms in total. The van der Waals surface area contributed by atoms with E-state index in [9.17, 15) is 4.79 Å². The zero-order valence-corrected chi connectivity index (χ0v) is 15.4. The highest BCUT2D eigenvalue weighted by Crippen LogP contribution is 2.65. The molecule has 0 radical (unpaired) electrons. The summed E-state index contributed by atoms with van der Waals surface area (Å²) in [4.78, 5) is 12.4. The van der Waals surface area contributed by atoms with E-state index in [1.807, 2.05) is 7.11 Å². The molecule has 0 aromatic carbocycles. The molecule has 0 N–H and O–H groups in total. The molecule has 24 heavy (non-hydrogen) atoms. The Kier molecular flexibility index (Phi) is 4.16. The third-order valence-corrected chi connectivity index (χ3v) is 8.38. The Labute approximate surface area is 146 Å². The molecule has 0 amide bonds. The topological polar surface area (TPSA) is 35.5 Å². The minimum absolute atomic E-state index is 0.190. The molecule has 0 saturated heterocycles. The minimum atomic E-state index is -0.190. The van der Waals surface area contributed by atoms with Gasteiger partial charge in [0.2, 0.25) is 0 Å². The molecule has 7 atom stereocenters. The SMILES string of the molecule is CO[C@@H]1C=C2CC[C@H]3[C@@H]4CC[C@H](OC)[C@@]4(C)CC[C@@H]3[C@@]2(C=O)CC1. The maximum Gasteiger partial charge on any atom is 0.130 e. The lowest BCUT2D eigenvalue weighted by Gasteiger charge is -2.57. The van der Waals surface area contributed by atoms with Crippen molar-refractivity contribution in [2.75, 3.05) is 14.2 Å². The molecule has 0 aliphatic heterocycles. The first-order chi connectivity index (χ1) is 11.6. The molecule has 4 aliphatic rings. The fourth-order valence-corrected chi connectivity index (χ4v) is 7.14. The summed E-state index contributed by atoms with van der Waals surface area (Å²) in [7, 11) is 3.67. The highest BCUT2D eigenvalue weighted by atomic mass is 16.5. The van der Waals surface area contributed by atoms with Gasteiger partial charge in [0.05, 0.1) is 17.6 Å². The molecule has 0 spiro atoms. The van der Waals surface area contributed by atoms with Gasteiger partial charge < -0.3 is 14.3 Å². The largest absolute Gasteiger partial charge is 0.381 e. The molecule has 4 aliphatic carbocycles. The van der Waals surface area contributed by atoms with E-state index in [1.165, 1.54) is 44.0 Å². The Balaban J connectivity index is 1.67. The summed E-state index contributed by atoms with van der Waals surface area (Å²) in [6.07, 6.45) is 13.4. The van der Waals surface area contributed by atoms with Gasteiger partial charge in [-0.15, -0.1) is 0 Å². The molecule has 0 heterocycles. The number of carbonyl (C=O) groups is 1. The van der Waals surface area contributed by atoms with Gasteiger partial charge in [-0.3, -0.25) is 0 Å². The number of allylic oxidation sites excluding steroid dienone is 1. The zero-order chi connectivity index (χ0) is 16.9. The van der Waals surface area contributed by atoms with Crippen LogP contribution in [0, 0.1) is 28.6 Å². The van der Waals surface area contributed by atoms with Gasteiger partial charge in [0.1, 0.15) is 6.29 Å². The van der Waals surface area contributed by atoms with Gasteiger partial charge in [-0.1, -0.05) is 18.6 Å². The minimum Gasteiger partial charge on any atom is -0.381 e. The van der Waals surface area contributed by atoms with Crippen LogP contribution in [0.5, 0.6) is 0 Å². The highest BCUT2D eigenvalue weighted by Gasteiger charge is 2.60. The third kappa shape index (κ3) is 2.13. The monoisotopic (exact) mass is 332 g/mol. The summed E-state index contributed by atoms with van der Waals surface area (Å²) in [6.45, 7) is 2.45. The first kappa shape index (κ1) is 16.8. The van der Waals surface area contributed by atoms with Gasteiger partial charge in [-0.2, -0.15) is 0 Å². The maximum atomic E-state index is 12.4. The molecule has 0 unspecified atom stereocenters. The molecule has 3 heteroatoms. The smallest absolute Gasteiger partial charge is 0.130 e. The van der Waals surface area contributed by atoms with Crippen LogP contribution in [0.2, 0.25) is 0 Å². The summed E-state index contributed by atoms with van der Waals surface area (Å²) in [5.74, 6) is 1.98. The Bertz CT molecular complexity index is 541. The van der Waals surface area contributed by atoms with Crippen LogP contribution < -0.4 is 0 Å². The van der Waals surface area contributed by atoms with Crippen LogP contribution in [-0.2, 0) is 14.3 Å². The van der Waals surface area contributed by atoms with E-state index in [0.717, 1.165) is 25.2 Å². The summed E-state index contributed by atoms with van der Waals surface area (Å²) in [5, 5.41) is 0. The van der Waals surface area contributed by atoms with Crippen molar-refractivity contribution in [3.05, 3.63) is 11.6 Å². The van der Waals surface area contributed by atoms with E-state index in [1.54, 1.807) is 7.11 Å². The molecule has 134 valence electrons. The summed E-state index contributed by atoms with van der Waals surface area (Å²) in [6, 6.07) is 0. The van der Waals surface area contributed by atoms with Crippen LogP contribution >= 0.6 is 0 Å². The number of aldehydes is 1. The van der Waals surface area contributed by atoms with Crippen molar-refractivity contribution in [3.63, 3.8) is 0 Å². The molecular formula is C21H32O3. The number of methoxy groups -OCH3 is 2. The Morgan fingerprint density at radius 1 is 1.04 bits per heavy atom. The van der Waals surface area contributed by atoms with Gasteiger partial charge >= 0.3 is 0 Å². The van der Waals surface area contributed by atoms with Gasteiger partial charge in [0, 0.05) is 14.2 Å². The van der Waals surface area contributed by atoms with E-state index in [0.29, 0.717) is 23.4 Å². The predicted molar refractivity (Wildman–Crippen MR) is 93.7 cm³/mol. The quantitative estimate of drug-likeness (QED) is 0.575. The van der Waals surface area contributed by atoms with Crippen molar-refractivity contribution in [1.29, 1.82) is 0 Å². The Hall–Kier alpha value is -0.670. The van der Waals surface area contributed by atoms with Crippen LogP contribution in [0.1, 0.15) is 58.3 Å². The van der Waals surface area contributed by atoms with Crippen LogP contribution in [0.3, 0.4) is 0 Å². The van der Waals surface area contributed by atoms with Crippen molar-refractivity contribution in [1.82, 2.24) is 0 Å². The van der Waals surface area contributed by atoms with Crippen molar-refractivity contribution >= 4 is 6.29 Å². The van der Waals surface area contributed by atoms with Crippen molar-refractivity contribution < 1.29 is 14.3 Å². The maximum absolute atomic E-state index is 12.4. The average Bonchev–Trinajstić information content (AvgIpc) is 2.97. The van der Waals surface area contributed by atoms with Crippen molar-refractivity contribution in [2.45, 2.75) is 70.5 Å². The summed E-state index contributed by atoms with van der Waals surface area (Å²) in [5.41, 5.74) is 1.52. The second-order valence-electron chi connectivity index (χ2n) is 8.92. The first-order valence-electron chi connectivity index (χ1n) is 9.82. The van der Waals surface area contributed by atoms with Gasteiger partial charge in [-0.25, -0.2) is 0 Å². The van der Waals surface area contributed by atoms with Crippen molar-refractivity contribution in [3.8, 4) is 0 Å². The molecule has 0 bridgehead atoms. The van der Waals surface area contributed by atoms with Crippen molar-refractivity contribution in [2.24, 2.45) is 28.6 Å². The lowest BCUT2D eigenvalue weighted by molar-refractivity contribution is -0.130. The number of rotatable bonds is 3. The first-order valence-corrected chi connectivity index (χ1v) is 9.82. The average molecular weight is 332 g/mol. The zero-order valence-electron chi connectivity index (χ0n) is 15.4.